The monoisotopic (exact) mass is 432 g/mol. The number of sulfonamides is 1. The molecule has 1 N–H and O–H groups in total. The maximum absolute atomic E-state index is 12.7. The fourth-order valence-electron chi connectivity index (χ4n) is 2.97. The highest BCUT2D eigenvalue weighted by Crippen LogP contribution is 2.27. The molecule has 0 atom stereocenters. The second-order valence-electron chi connectivity index (χ2n) is 6.57. The number of hydrogen-bond acceptors (Lipinski definition) is 5. The van der Waals surface area contributed by atoms with Crippen LogP contribution >= 0.6 is 0 Å². The van der Waals surface area contributed by atoms with E-state index in [9.17, 15) is 26.4 Å². The second kappa shape index (κ2) is 8.07. The van der Waals surface area contributed by atoms with E-state index >= 15 is 0 Å². The Kier molecular flexibility index (Phi) is 5.90. The number of nitrogens with one attached hydrogen (secondary N) is 1. The molecule has 1 amide bonds. The van der Waals surface area contributed by atoms with E-state index in [2.05, 4.69) is 10.1 Å². The number of alkyl halides is 3. The van der Waals surface area contributed by atoms with Gasteiger partial charge >= 0.3 is 6.36 Å². The quantitative estimate of drug-likeness (QED) is 0.774. The summed E-state index contributed by atoms with van der Waals surface area (Å²) in [5.74, 6) is -1.33. The molecule has 1 fully saturated rings. The second-order valence-corrected chi connectivity index (χ2v) is 8.44. The first-order valence-corrected chi connectivity index (χ1v) is 10.3. The minimum Gasteiger partial charge on any atom is -0.438 e. The van der Waals surface area contributed by atoms with Crippen LogP contribution in [-0.4, -0.2) is 38.1 Å². The molecule has 1 aromatic heterocycles. The number of carbonyl (C=O) groups excluding carboxylic acids is 1. The molecule has 1 aromatic carbocycles. The Hall–Kier alpha value is -2.53. The van der Waals surface area contributed by atoms with Crippen molar-refractivity contribution in [1.82, 2.24) is 4.31 Å². The molecule has 0 radical (unpaired) electrons. The third-order valence-corrected chi connectivity index (χ3v) is 6.11. The first-order chi connectivity index (χ1) is 13.6. The molecule has 158 valence electrons. The molecule has 0 aliphatic carbocycles. The van der Waals surface area contributed by atoms with Crippen LogP contribution in [0.15, 0.2) is 39.8 Å². The Labute approximate surface area is 165 Å². The Bertz CT molecular complexity index is 978. The van der Waals surface area contributed by atoms with Crippen LogP contribution < -0.4 is 10.1 Å². The Morgan fingerprint density at radius 3 is 2.34 bits per heavy atom. The van der Waals surface area contributed by atoms with Crippen LogP contribution in [-0.2, 0) is 10.0 Å². The zero-order valence-corrected chi connectivity index (χ0v) is 16.3. The van der Waals surface area contributed by atoms with Crippen molar-refractivity contribution in [3.05, 3.63) is 41.7 Å². The minimum atomic E-state index is -4.81. The standard InChI is InChI=1S/C18H19F3N2O5S/c1-12-11-15(29(25,26)23-9-3-2-4-10-23)27-16(12)17(24)22-13-5-7-14(8-6-13)28-18(19,20)21/h5-8,11H,2-4,9-10H2,1H3,(H,22,24). The molecular weight excluding hydrogens is 413 g/mol. The average Bonchev–Trinajstić information content (AvgIpc) is 3.05. The van der Waals surface area contributed by atoms with Crippen molar-refractivity contribution in [2.75, 3.05) is 18.4 Å². The lowest BCUT2D eigenvalue weighted by atomic mass is 10.2. The van der Waals surface area contributed by atoms with Crippen molar-refractivity contribution in [2.24, 2.45) is 0 Å². The SMILES string of the molecule is Cc1cc(S(=O)(=O)N2CCCCC2)oc1C(=O)Nc1ccc(OC(F)(F)F)cc1. The summed E-state index contributed by atoms with van der Waals surface area (Å²) in [6, 6.07) is 5.83. The molecule has 7 nitrogen and oxygen atoms in total. The zero-order valence-electron chi connectivity index (χ0n) is 15.5. The normalized spacial score (nSPS) is 15.9. The van der Waals surface area contributed by atoms with E-state index < -0.39 is 28.0 Å². The number of carbonyl (C=O) groups is 1. The van der Waals surface area contributed by atoms with Gasteiger partial charge in [0, 0.05) is 30.4 Å². The third-order valence-electron chi connectivity index (χ3n) is 4.36. The van der Waals surface area contributed by atoms with Gasteiger partial charge in [0.05, 0.1) is 0 Å². The number of hydrogen-bond donors (Lipinski definition) is 1. The molecule has 1 aliphatic rings. The van der Waals surface area contributed by atoms with E-state index in [0.29, 0.717) is 18.7 Å². The highest BCUT2D eigenvalue weighted by molar-refractivity contribution is 7.89. The first kappa shape index (κ1) is 21.2. The van der Waals surface area contributed by atoms with Gasteiger partial charge in [0.25, 0.3) is 15.9 Å². The summed E-state index contributed by atoms with van der Waals surface area (Å²) in [5.41, 5.74) is 0.524. The van der Waals surface area contributed by atoms with Crippen LogP contribution in [0.2, 0.25) is 0 Å². The highest BCUT2D eigenvalue weighted by Gasteiger charge is 2.32. The largest absolute Gasteiger partial charge is 0.573 e. The molecule has 1 aliphatic heterocycles. The van der Waals surface area contributed by atoms with Gasteiger partial charge in [0.15, 0.2) is 5.76 Å². The molecule has 1 saturated heterocycles. The van der Waals surface area contributed by atoms with Crippen molar-refractivity contribution in [3.8, 4) is 5.75 Å². The van der Waals surface area contributed by atoms with E-state index in [1.54, 1.807) is 0 Å². The smallest absolute Gasteiger partial charge is 0.438 e. The lowest BCUT2D eigenvalue weighted by Gasteiger charge is -2.24. The van der Waals surface area contributed by atoms with E-state index in [1.807, 2.05) is 0 Å². The van der Waals surface area contributed by atoms with E-state index in [-0.39, 0.29) is 16.5 Å². The number of piperidine rings is 1. The van der Waals surface area contributed by atoms with Crippen molar-refractivity contribution in [1.29, 1.82) is 0 Å². The van der Waals surface area contributed by atoms with Crippen molar-refractivity contribution >= 4 is 21.6 Å². The van der Waals surface area contributed by atoms with Crippen LogP contribution in [0.25, 0.3) is 0 Å². The molecule has 11 heteroatoms. The van der Waals surface area contributed by atoms with Gasteiger partial charge in [0.1, 0.15) is 5.75 Å². The number of aryl methyl sites for hydroxylation is 1. The average molecular weight is 432 g/mol. The summed E-state index contributed by atoms with van der Waals surface area (Å²) in [6.07, 6.45) is -2.32. The summed E-state index contributed by atoms with van der Waals surface area (Å²) < 4.78 is 72.4. The molecule has 0 unspecified atom stereocenters. The first-order valence-electron chi connectivity index (χ1n) is 8.84. The number of anilines is 1. The van der Waals surface area contributed by atoms with Gasteiger partial charge in [-0.2, -0.15) is 4.31 Å². The van der Waals surface area contributed by atoms with E-state index in [0.717, 1.165) is 31.4 Å². The maximum atomic E-state index is 12.7. The molecule has 3 rings (SSSR count). The van der Waals surface area contributed by atoms with Crippen molar-refractivity contribution in [3.63, 3.8) is 0 Å². The summed E-state index contributed by atoms with van der Waals surface area (Å²) in [4.78, 5) is 12.4. The van der Waals surface area contributed by atoms with Crippen LogP contribution in [0, 0.1) is 6.92 Å². The summed E-state index contributed by atoms with van der Waals surface area (Å²) >= 11 is 0. The summed E-state index contributed by atoms with van der Waals surface area (Å²) in [6.45, 7) is 2.33. The lowest BCUT2D eigenvalue weighted by molar-refractivity contribution is -0.274. The van der Waals surface area contributed by atoms with Crippen molar-refractivity contribution < 1.29 is 35.5 Å². The maximum Gasteiger partial charge on any atom is 0.573 e. The number of rotatable bonds is 5. The number of furan rings is 1. The predicted octanol–water partition coefficient (Wildman–Crippen LogP) is 3.91. The van der Waals surface area contributed by atoms with Crippen molar-refractivity contribution in [2.45, 2.75) is 37.6 Å². The highest BCUT2D eigenvalue weighted by atomic mass is 32.2. The Morgan fingerprint density at radius 2 is 1.76 bits per heavy atom. The lowest BCUT2D eigenvalue weighted by Crippen LogP contribution is -2.35. The predicted molar refractivity (Wildman–Crippen MR) is 97.1 cm³/mol. The summed E-state index contributed by atoms with van der Waals surface area (Å²) in [7, 11) is -3.83. The fourth-order valence-corrected chi connectivity index (χ4v) is 4.47. The molecule has 0 saturated carbocycles. The molecule has 2 heterocycles. The number of ether oxygens (including phenoxy) is 1. The van der Waals surface area contributed by atoms with E-state index in [1.165, 1.54) is 29.4 Å². The number of halogens is 3. The fraction of sp³-hybridized carbons (Fsp3) is 0.389. The summed E-state index contributed by atoms with van der Waals surface area (Å²) in [5, 5.41) is 2.15. The number of benzene rings is 1. The van der Waals surface area contributed by atoms with Crippen LogP contribution in [0.1, 0.15) is 35.4 Å². The van der Waals surface area contributed by atoms with Gasteiger partial charge in [-0.25, -0.2) is 8.42 Å². The van der Waals surface area contributed by atoms with Gasteiger partial charge in [-0.05, 0) is 44.0 Å². The molecule has 29 heavy (non-hydrogen) atoms. The van der Waals surface area contributed by atoms with Crippen LogP contribution in [0.5, 0.6) is 5.75 Å². The Morgan fingerprint density at radius 1 is 1.14 bits per heavy atom. The van der Waals surface area contributed by atoms with Crippen LogP contribution in [0.4, 0.5) is 18.9 Å². The van der Waals surface area contributed by atoms with Gasteiger partial charge < -0.3 is 14.5 Å². The number of amides is 1. The van der Waals surface area contributed by atoms with Gasteiger partial charge in [-0.3, -0.25) is 4.79 Å². The zero-order chi connectivity index (χ0) is 21.2. The molecular formula is C18H19F3N2O5S. The third kappa shape index (κ3) is 5.10. The van der Waals surface area contributed by atoms with Gasteiger partial charge in [-0.15, -0.1) is 13.2 Å². The van der Waals surface area contributed by atoms with Crippen LogP contribution in [0.3, 0.4) is 0 Å². The minimum absolute atomic E-state index is 0.184. The molecule has 2 aromatic rings. The topological polar surface area (TPSA) is 88.9 Å². The van der Waals surface area contributed by atoms with Gasteiger partial charge in [0.2, 0.25) is 5.09 Å². The van der Waals surface area contributed by atoms with Gasteiger partial charge in [-0.1, -0.05) is 6.42 Å². The van der Waals surface area contributed by atoms with E-state index in [4.69, 9.17) is 4.42 Å². The number of nitrogens with zero attached hydrogens (tertiary/aromatic N) is 1. The Balaban J connectivity index is 1.73. The molecule has 0 spiro atoms. The molecule has 0 bridgehead atoms.